The number of aliphatic hydroxyl groups is 1. The first-order valence-electron chi connectivity index (χ1n) is 5.89. The first-order valence-corrected chi connectivity index (χ1v) is 6.70. The number of nitrogens with zero attached hydrogens (tertiary/aromatic N) is 2. The van der Waals surface area contributed by atoms with E-state index >= 15 is 0 Å². The van der Waals surface area contributed by atoms with Crippen LogP contribution in [0.1, 0.15) is 37.8 Å². The number of anilines is 1. The summed E-state index contributed by atoms with van der Waals surface area (Å²) in [4.78, 5) is 7.80. The second-order valence-electron chi connectivity index (χ2n) is 4.55. The Balaban J connectivity index is 2.80. The van der Waals surface area contributed by atoms with Crippen molar-refractivity contribution in [2.45, 2.75) is 40.2 Å². The maximum atomic E-state index is 9.27. The summed E-state index contributed by atoms with van der Waals surface area (Å²) < 4.78 is 0. The summed E-state index contributed by atoms with van der Waals surface area (Å²) in [7, 11) is 2.07. The molecule has 0 radical (unpaired) electrons. The Morgan fingerprint density at radius 3 is 2.62 bits per heavy atom. The first-order chi connectivity index (χ1) is 7.58. The molecule has 16 heavy (non-hydrogen) atoms. The Bertz CT molecular complexity index is 323. The first kappa shape index (κ1) is 13.5. The molecule has 1 aromatic heterocycles. The summed E-state index contributed by atoms with van der Waals surface area (Å²) >= 11 is 1.61. The second-order valence-corrected chi connectivity index (χ2v) is 5.61. The van der Waals surface area contributed by atoms with Gasteiger partial charge in [0.05, 0.1) is 17.2 Å². The van der Waals surface area contributed by atoms with Crippen LogP contribution in [0.3, 0.4) is 0 Å². The fourth-order valence-electron chi connectivity index (χ4n) is 1.71. The quantitative estimate of drug-likeness (QED) is 0.833. The molecule has 1 rings (SSSR count). The Labute approximate surface area is 102 Å². The molecule has 0 bridgehead atoms. The van der Waals surface area contributed by atoms with Gasteiger partial charge in [-0.15, -0.1) is 0 Å². The summed E-state index contributed by atoms with van der Waals surface area (Å²) in [5.41, 5.74) is 1.07. The van der Waals surface area contributed by atoms with Gasteiger partial charge in [0.1, 0.15) is 0 Å². The van der Waals surface area contributed by atoms with Crippen LogP contribution in [0.2, 0.25) is 0 Å². The maximum absolute atomic E-state index is 9.27. The molecule has 3 nitrogen and oxygen atoms in total. The van der Waals surface area contributed by atoms with E-state index in [0.717, 1.165) is 35.1 Å². The third kappa shape index (κ3) is 3.46. The van der Waals surface area contributed by atoms with Crippen molar-refractivity contribution in [2.75, 3.05) is 18.5 Å². The van der Waals surface area contributed by atoms with Crippen LogP contribution in [0.5, 0.6) is 0 Å². The van der Waals surface area contributed by atoms with E-state index in [-0.39, 0.29) is 6.61 Å². The van der Waals surface area contributed by atoms with Crippen LogP contribution in [0, 0.1) is 5.92 Å². The number of aromatic nitrogens is 1. The zero-order valence-corrected chi connectivity index (χ0v) is 11.5. The van der Waals surface area contributed by atoms with Crippen LogP contribution in [0.25, 0.3) is 0 Å². The van der Waals surface area contributed by atoms with E-state index in [1.807, 2.05) is 0 Å². The van der Waals surface area contributed by atoms with E-state index in [1.165, 1.54) is 0 Å². The van der Waals surface area contributed by atoms with Gasteiger partial charge in [0.2, 0.25) is 0 Å². The largest absolute Gasteiger partial charge is 0.391 e. The molecule has 0 spiro atoms. The molecule has 1 heterocycles. The number of hydrogen-bond donors (Lipinski definition) is 1. The van der Waals surface area contributed by atoms with Crippen molar-refractivity contribution in [3.05, 3.63) is 10.6 Å². The Kier molecular flexibility index (Phi) is 5.22. The molecular weight excluding hydrogens is 220 g/mol. The van der Waals surface area contributed by atoms with Gasteiger partial charge in [-0.25, -0.2) is 4.98 Å². The molecule has 0 fully saturated rings. The minimum Gasteiger partial charge on any atom is -0.391 e. The average molecular weight is 242 g/mol. The molecule has 0 aliphatic heterocycles. The second kappa shape index (κ2) is 6.21. The van der Waals surface area contributed by atoms with E-state index in [1.54, 1.807) is 11.3 Å². The van der Waals surface area contributed by atoms with Crippen LogP contribution in [-0.2, 0) is 13.0 Å². The lowest BCUT2D eigenvalue weighted by Crippen LogP contribution is -2.22. The molecule has 0 unspecified atom stereocenters. The zero-order valence-electron chi connectivity index (χ0n) is 10.7. The highest BCUT2D eigenvalue weighted by Gasteiger charge is 2.13. The maximum Gasteiger partial charge on any atom is 0.185 e. The summed E-state index contributed by atoms with van der Waals surface area (Å²) in [5.74, 6) is 0.626. The van der Waals surface area contributed by atoms with Gasteiger partial charge in [-0.3, -0.25) is 0 Å². The number of hydrogen-bond acceptors (Lipinski definition) is 4. The zero-order chi connectivity index (χ0) is 12.1. The highest BCUT2D eigenvalue weighted by Crippen LogP contribution is 2.27. The smallest absolute Gasteiger partial charge is 0.185 e. The van der Waals surface area contributed by atoms with Crippen LogP contribution in [0.4, 0.5) is 5.13 Å². The lowest BCUT2D eigenvalue weighted by atomic mass is 10.2. The SMILES string of the molecule is CCCc1nc(N(C)CC(C)C)sc1CO. The third-order valence-corrected chi connectivity index (χ3v) is 3.56. The van der Waals surface area contributed by atoms with Gasteiger partial charge < -0.3 is 10.0 Å². The summed E-state index contributed by atoms with van der Waals surface area (Å²) in [5, 5.41) is 10.3. The fraction of sp³-hybridized carbons (Fsp3) is 0.750. The molecule has 1 aromatic rings. The van der Waals surface area contributed by atoms with Crippen molar-refractivity contribution < 1.29 is 5.11 Å². The third-order valence-electron chi connectivity index (χ3n) is 2.36. The lowest BCUT2D eigenvalue weighted by molar-refractivity contribution is 0.284. The molecule has 4 heteroatoms. The van der Waals surface area contributed by atoms with Gasteiger partial charge in [-0.05, 0) is 12.3 Å². The predicted molar refractivity (Wildman–Crippen MR) is 70.1 cm³/mol. The highest BCUT2D eigenvalue weighted by molar-refractivity contribution is 7.15. The van der Waals surface area contributed by atoms with E-state index in [4.69, 9.17) is 0 Å². The molecule has 0 amide bonds. The minimum absolute atomic E-state index is 0.114. The van der Waals surface area contributed by atoms with E-state index < -0.39 is 0 Å². The van der Waals surface area contributed by atoms with Crippen molar-refractivity contribution in [3.63, 3.8) is 0 Å². The minimum atomic E-state index is 0.114. The lowest BCUT2D eigenvalue weighted by Gasteiger charge is -2.17. The van der Waals surface area contributed by atoms with Crippen LogP contribution in [0.15, 0.2) is 0 Å². The topological polar surface area (TPSA) is 36.4 Å². The Morgan fingerprint density at radius 1 is 1.44 bits per heavy atom. The number of rotatable bonds is 6. The van der Waals surface area contributed by atoms with Crippen molar-refractivity contribution in [1.29, 1.82) is 0 Å². The number of aliphatic hydroxyl groups excluding tert-OH is 1. The van der Waals surface area contributed by atoms with E-state index in [2.05, 4.69) is 37.7 Å². The normalized spacial score (nSPS) is 11.1. The van der Waals surface area contributed by atoms with E-state index in [0.29, 0.717) is 5.92 Å². The molecule has 0 aliphatic rings. The number of aryl methyl sites for hydroxylation is 1. The summed E-state index contributed by atoms with van der Waals surface area (Å²) in [6.45, 7) is 7.65. The molecule has 0 aliphatic carbocycles. The Hall–Kier alpha value is -0.610. The monoisotopic (exact) mass is 242 g/mol. The van der Waals surface area contributed by atoms with Gasteiger partial charge in [0.15, 0.2) is 5.13 Å². The van der Waals surface area contributed by atoms with Crippen LogP contribution < -0.4 is 4.90 Å². The van der Waals surface area contributed by atoms with Crippen LogP contribution >= 0.6 is 11.3 Å². The van der Waals surface area contributed by atoms with Crippen molar-refractivity contribution >= 4 is 16.5 Å². The van der Waals surface area contributed by atoms with E-state index in [9.17, 15) is 5.11 Å². The van der Waals surface area contributed by atoms with Gasteiger partial charge in [-0.1, -0.05) is 38.5 Å². The Morgan fingerprint density at radius 2 is 2.12 bits per heavy atom. The summed E-state index contributed by atoms with van der Waals surface area (Å²) in [6.07, 6.45) is 2.03. The van der Waals surface area contributed by atoms with Crippen molar-refractivity contribution in [3.8, 4) is 0 Å². The average Bonchev–Trinajstić information content (AvgIpc) is 2.61. The van der Waals surface area contributed by atoms with Gasteiger partial charge in [-0.2, -0.15) is 0 Å². The standard InChI is InChI=1S/C12H22N2OS/c1-5-6-10-11(8-15)16-12(13-10)14(4)7-9(2)3/h9,15H,5-8H2,1-4H3. The fourth-order valence-corrected chi connectivity index (χ4v) is 2.65. The van der Waals surface area contributed by atoms with Gasteiger partial charge in [0, 0.05) is 13.6 Å². The van der Waals surface area contributed by atoms with Crippen molar-refractivity contribution in [2.24, 2.45) is 5.92 Å². The van der Waals surface area contributed by atoms with Gasteiger partial charge in [0.25, 0.3) is 0 Å². The molecular formula is C12H22N2OS. The highest BCUT2D eigenvalue weighted by atomic mass is 32.1. The van der Waals surface area contributed by atoms with Crippen molar-refractivity contribution in [1.82, 2.24) is 4.98 Å². The van der Waals surface area contributed by atoms with Gasteiger partial charge >= 0.3 is 0 Å². The molecule has 0 saturated heterocycles. The number of thiazole rings is 1. The van der Waals surface area contributed by atoms with Crippen LogP contribution in [-0.4, -0.2) is 23.7 Å². The molecule has 0 atom stereocenters. The predicted octanol–water partition coefficient (Wildman–Crippen LogP) is 2.68. The molecule has 92 valence electrons. The molecule has 1 N–H and O–H groups in total. The molecule has 0 aromatic carbocycles. The molecule has 0 saturated carbocycles. The summed E-state index contributed by atoms with van der Waals surface area (Å²) in [6, 6.07) is 0.